The lowest BCUT2D eigenvalue weighted by Gasteiger charge is -2.06. The lowest BCUT2D eigenvalue weighted by molar-refractivity contribution is 0.102. The average molecular weight is 326 g/mol. The molecule has 1 N–H and O–H groups in total. The van der Waals surface area contributed by atoms with E-state index in [4.69, 9.17) is 11.6 Å². The van der Waals surface area contributed by atoms with Gasteiger partial charge in [0.1, 0.15) is 0 Å². The van der Waals surface area contributed by atoms with Gasteiger partial charge in [0.25, 0.3) is 5.91 Å². The van der Waals surface area contributed by atoms with E-state index in [1.807, 2.05) is 13.0 Å². The normalized spacial score (nSPS) is 10.2. The summed E-state index contributed by atoms with van der Waals surface area (Å²) in [5, 5.41) is 3.27. The Balaban J connectivity index is 2.19. The van der Waals surface area contributed by atoms with Gasteiger partial charge in [0.15, 0.2) is 0 Å². The molecule has 0 aliphatic rings. The van der Waals surface area contributed by atoms with E-state index in [9.17, 15) is 4.79 Å². The molecule has 92 valence electrons. The van der Waals surface area contributed by atoms with Gasteiger partial charge in [-0.05, 0) is 52.7 Å². The highest BCUT2D eigenvalue weighted by Crippen LogP contribution is 2.23. The summed E-state index contributed by atoms with van der Waals surface area (Å²) in [5.74, 6) is -0.211. The Hall–Kier alpha value is -1.39. The summed E-state index contributed by atoms with van der Waals surface area (Å²) < 4.78 is 0.762. The van der Waals surface area contributed by atoms with Gasteiger partial charge >= 0.3 is 0 Å². The van der Waals surface area contributed by atoms with E-state index in [0.717, 1.165) is 10.0 Å². The number of nitrogens with zero attached hydrogens (tertiary/aromatic N) is 1. The number of amides is 1. The highest BCUT2D eigenvalue weighted by molar-refractivity contribution is 9.10. The van der Waals surface area contributed by atoms with Crippen molar-refractivity contribution in [2.45, 2.75) is 6.92 Å². The Morgan fingerprint density at radius 1 is 1.33 bits per heavy atom. The highest BCUT2D eigenvalue weighted by Gasteiger charge is 2.08. The molecule has 5 heteroatoms. The minimum Gasteiger partial charge on any atom is -0.321 e. The second-order valence-electron chi connectivity index (χ2n) is 3.83. The molecule has 0 spiro atoms. The summed E-state index contributed by atoms with van der Waals surface area (Å²) >= 11 is 9.23. The number of carbonyl (C=O) groups excluding carboxylic acids is 1. The van der Waals surface area contributed by atoms with Gasteiger partial charge in [-0.15, -0.1) is 0 Å². The van der Waals surface area contributed by atoms with Crippen LogP contribution in [-0.4, -0.2) is 10.9 Å². The second kappa shape index (κ2) is 5.50. The van der Waals surface area contributed by atoms with E-state index in [-0.39, 0.29) is 5.91 Å². The number of nitrogens with one attached hydrogen (secondary N) is 1. The average Bonchev–Trinajstić information content (AvgIpc) is 2.32. The molecule has 0 radical (unpaired) electrons. The summed E-state index contributed by atoms with van der Waals surface area (Å²) in [4.78, 5) is 16.0. The Labute approximate surface area is 118 Å². The van der Waals surface area contributed by atoms with Gasteiger partial charge in [0.2, 0.25) is 0 Å². The minimum absolute atomic E-state index is 0.211. The predicted octanol–water partition coefficient (Wildman–Crippen LogP) is 4.06. The third-order valence-corrected chi connectivity index (χ3v) is 3.55. The molecule has 2 aromatic rings. The number of aromatic nitrogens is 1. The van der Waals surface area contributed by atoms with Crippen LogP contribution in [0, 0.1) is 6.92 Å². The van der Waals surface area contributed by atoms with Crippen molar-refractivity contribution in [2.75, 3.05) is 5.32 Å². The van der Waals surface area contributed by atoms with Crippen LogP contribution in [0.15, 0.2) is 41.1 Å². The molecule has 1 amide bonds. The van der Waals surface area contributed by atoms with Crippen LogP contribution >= 0.6 is 27.5 Å². The molecule has 0 unspecified atom stereocenters. The van der Waals surface area contributed by atoms with Crippen molar-refractivity contribution in [1.29, 1.82) is 0 Å². The van der Waals surface area contributed by atoms with Crippen LogP contribution in [0.2, 0.25) is 5.02 Å². The molecule has 0 fully saturated rings. The molecule has 1 aromatic carbocycles. The van der Waals surface area contributed by atoms with Gasteiger partial charge in [-0.2, -0.15) is 0 Å². The SMILES string of the molecule is Cc1cncc(NC(=O)c2ccc(Br)c(Cl)c2)c1. The molecular weight excluding hydrogens is 316 g/mol. The molecule has 18 heavy (non-hydrogen) atoms. The fraction of sp³-hybridized carbons (Fsp3) is 0.0769. The Morgan fingerprint density at radius 2 is 2.11 bits per heavy atom. The first-order valence-corrected chi connectivity index (χ1v) is 6.41. The maximum Gasteiger partial charge on any atom is 0.255 e. The van der Waals surface area contributed by atoms with E-state index < -0.39 is 0 Å². The fourth-order valence-electron chi connectivity index (χ4n) is 1.46. The largest absolute Gasteiger partial charge is 0.321 e. The molecule has 0 aliphatic carbocycles. The first-order chi connectivity index (χ1) is 8.56. The first kappa shape index (κ1) is 13.1. The van der Waals surface area contributed by atoms with E-state index in [2.05, 4.69) is 26.2 Å². The molecule has 0 bridgehead atoms. The van der Waals surface area contributed by atoms with Crippen LogP contribution in [0.25, 0.3) is 0 Å². The second-order valence-corrected chi connectivity index (χ2v) is 5.10. The molecule has 0 saturated carbocycles. The van der Waals surface area contributed by atoms with Crippen molar-refractivity contribution in [3.63, 3.8) is 0 Å². The Kier molecular flexibility index (Phi) is 3.99. The minimum atomic E-state index is -0.211. The van der Waals surface area contributed by atoms with Crippen molar-refractivity contribution < 1.29 is 4.79 Å². The summed E-state index contributed by atoms with van der Waals surface area (Å²) in [6.45, 7) is 1.92. The van der Waals surface area contributed by atoms with E-state index in [0.29, 0.717) is 16.3 Å². The van der Waals surface area contributed by atoms with Crippen LogP contribution in [-0.2, 0) is 0 Å². The Bertz CT molecular complexity index is 601. The van der Waals surface area contributed by atoms with Crippen LogP contribution in [0.4, 0.5) is 5.69 Å². The molecule has 0 aliphatic heterocycles. The summed E-state index contributed by atoms with van der Waals surface area (Å²) in [6.07, 6.45) is 3.33. The smallest absolute Gasteiger partial charge is 0.255 e. The van der Waals surface area contributed by atoms with Crippen molar-refractivity contribution in [2.24, 2.45) is 0 Å². The van der Waals surface area contributed by atoms with Gasteiger partial charge in [-0.3, -0.25) is 9.78 Å². The van der Waals surface area contributed by atoms with Gasteiger partial charge in [0.05, 0.1) is 16.9 Å². The van der Waals surface area contributed by atoms with E-state index >= 15 is 0 Å². The molecule has 0 saturated heterocycles. The third-order valence-electron chi connectivity index (χ3n) is 2.31. The molecular formula is C13H10BrClN2O. The quantitative estimate of drug-likeness (QED) is 0.905. The fourth-order valence-corrected chi connectivity index (χ4v) is 1.89. The zero-order valence-electron chi connectivity index (χ0n) is 9.58. The van der Waals surface area contributed by atoms with Crippen LogP contribution in [0.1, 0.15) is 15.9 Å². The maximum atomic E-state index is 12.0. The number of anilines is 1. The monoisotopic (exact) mass is 324 g/mol. The zero-order valence-corrected chi connectivity index (χ0v) is 11.9. The predicted molar refractivity (Wildman–Crippen MR) is 76.1 cm³/mol. The third kappa shape index (κ3) is 3.09. The van der Waals surface area contributed by atoms with Crippen molar-refractivity contribution in [3.8, 4) is 0 Å². The van der Waals surface area contributed by atoms with Crippen LogP contribution in [0.5, 0.6) is 0 Å². The molecule has 2 rings (SSSR count). The molecule has 0 atom stereocenters. The molecule has 3 nitrogen and oxygen atoms in total. The van der Waals surface area contributed by atoms with Crippen molar-refractivity contribution in [3.05, 3.63) is 57.3 Å². The van der Waals surface area contributed by atoms with Crippen molar-refractivity contribution >= 4 is 39.1 Å². The standard InChI is InChI=1S/C13H10BrClN2O/c1-8-4-10(7-16-6-8)17-13(18)9-2-3-11(14)12(15)5-9/h2-7H,1H3,(H,17,18). The van der Waals surface area contributed by atoms with E-state index in [1.54, 1.807) is 30.6 Å². The van der Waals surface area contributed by atoms with Crippen molar-refractivity contribution in [1.82, 2.24) is 4.98 Å². The zero-order chi connectivity index (χ0) is 13.1. The first-order valence-electron chi connectivity index (χ1n) is 5.24. The maximum absolute atomic E-state index is 12.0. The highest BCUT2D eigenvalue weighted by atomic mass is 79.9. The number of hydrogen-bond acceptors (Lipinski definition) is 2. The summed E-state index contributed by atoms with van der Waals surface area (Å²) in [5.41, 5.74) is 2.16. The number of aryl methyl sites for hydroxylation is 1. The van der Waals surface area contributed by atoms with Gasteiger partial charge in [-0.1, -0.05) is 11.6 Å². The summed E-state index contributed by atoms with van der Waals surface area (Å²) in [7, 11) is 0. The number of rotatable bonds is 2. The van der Waals surface area contributed by atoms with E-state index in [1.165, 1.54) is 0 Å². The van der Waals surface area contributed by atoms with Crippen LogP contribution in [0.3, 0.4) is 0 Å². The van der Waals surface area contributed by atoms with Gasteiger partial charge in [-0.25, -0.2) is 0 Å². The Morgan fingerprint density at radius 3 is 2.78 bits per heavy atom. The topological polar surface area (TPSA) is 42.0 Å². The molecule has 1 heterocycles. The number of pyridine rings is 1. The number of hydrogen-bond donors (Lipinski definition) is 1. The van der Waals surface area contributed by atoms with Gasteiger partial charge < -0.3 is 5.32 Å². The number of benzene rings is 1. The van der Waals surface area contributed by atoms with Crippen LogP contribution < -0.4 is 5.32 Å². The summed E-state index contributed by atoms with van der Waals surface area (Å²) in [6, 6.07) is 6.91. The lowest BCUT2D eigenvalue weighted by atomic mass is 10.2. The van der Waals surface area contributed by atoms with Gasteiger partial charge in [0, 0.05) is 16.2 Å². The number of carbonyl (C=O) groups is 1. The molecule has 1 aromatic heterocycles. The number of halogens is 2. The lowest BCUT2D eigenvalue weighted by Crippen LogP contribution is -2.12.